The quantitative estimate of drug-likeness (QED) is 0.834. The van der Waals surface area contributed by atoms with Gasteiger partial charge >= 0.3 is 5.97 Å². The second-order valence-electron chi connectivity index (χ2n) is 4.91. The monoisotopic (exact) mass is 291 g/mol. The maximum absolute atomic E-state index is 11.8. The summed E-state index contributed by atoms with van der Waals surface area (Å²) in [4.78, 5) is 19.8. The van der Waals surface area contributed by atoms with Gasteiger partial charge in [-0.15, -0.1) is 0 Å². The summed E-state index contributed by atoms with van der Waals surface area (Å²) in [5.41, 5.74) is 1.18. The molecule has 0 spiro atoms. The molecule has 1 N–H and O–H groups in total. The summed E-state index contributed by atoms with van der Waals surface area (Å²) in [6, 6.07) is 1.68. The third-order valence-corrected chi connectivity index (χ3v) is 3.10. The second-order valence-corrected chi connectivity index (χ2v) is 4.91. The smallest absolute Gasteiger partial charge is 0.316 e. The molecular formula is C14H17N3O4. The molecule has 2 rings (SSSR count). The van der Waals surface area contributed by atoms with E-state index in [1.807, 2.05) is 13.8 Å². The minimum Gasteiger partial charge on any atom is -0.468 e. The van der Waals surface area contributed by atoms with Crippen LogP contribution in [0.2, 0.25) is 0 Å². The Morgan fingerprint density at radius 3 is 2.57 bits per heavy atom. The lowest BCUT2D eigenvalue weighted by Gasteiger charge is -2.14. The third-order valence-electron chi connectivity index (χ3n) is 3.10. The molecule has 0 aromatic carbocycles. The van der Waals surface area contributed by atoms with Gasteiger partial charge in [0, 0.05) is 24.0 Å². The number of carbonyl (C=O) groups is 1. The van der Waals surface area contributed by atoms with Gasteiger partial charge in [-0.3, -0.25) is 4.79 Å². The Labute approximate surface area is 122 Å². The molecule has 7 nitrogen and oxygen atoms in total. The van der Waals surface area contributed by atoms with Crippen LogP contribution in [0.3, 0.4) is 0 Å². The molecule has 0 aliphatic heterocycles. The average Bonchev–Trinajstić information content (AvgIpc) is 2.96. The fraction of sp³-hybridized carbons (Fsp3) is 0.429. The molecule has 0 radical (unpaired) electrons. The normalized spacial score (nSPS) is 12.4. The number of hydrogen-bond donors (Lipinski definition) is 1. The molecule has 2 aromatic rings. The fourth-order valence-electron chi connectivity index (χ4n) is 1.98. The summed E-state index contributed by atoms with van der Waals surface area (Å²) in [7, 11) is 1.34. The zero-order valence-electron chi connectivity index (χ0n) is 12.1. The highest BCUT2D eigenvalue weighted by molar-refractivity contribution is 5.78. The van der Waals surface area contributed by atoms with Gasteiger partial charge in [0.2, 0.25) is 0 Å². The molecule has 0 amide bonds. The molecule has 0 aliphatic rings. The molecule has 0 saturated carbocycles. The van der Waals surface area contributed by atoms with E-state index in [9.17, 15) is 4.79 Å². The third kappa shape index (κ3) is 3.25. The molecule has 0 bridgehead atoms. The van der Waals surface area contributed by atoms with Crippen LogP contribution in [0, 0.1) is 5.92 Å². The van der Waals surface area contributed by atoms with Gasteiger partial charge in [0.1, 0.15) is 18.2 Å². The highest BCUT2D eigenvalue weighted by Gasteiger charge is 2.29. The number of ether oxygens (including phenoxy) is 1. The van der Waals surface area contributed by atoms with Gasteiger partial charge in [-0.05, 0) is 5.92 Å². The molecule has 0 fully saturated rings. The van der Waals surface area contributed by atoms with Gasteiger partial charge < -0.3 is 14.4 Å². The first-order valence-electron chi connectivity index (χ1n) is 6.53. The van der Waals surface area contributed by atoms with E-state index >= 15 is 0 Å². The van der Waals surface area contributed by atoms with E-state index in [2.05, 4.69) is 15.1 Å². The van der Waals surface area contributed by atoms with Crippen molar-refractivity contribution < 1.29 is 19.2 Å². The van der Waals surface area contributed by atoms with Crippen LogP contribution in [0.15, 0.2) is 23.0 Å². The van der Waals surface area contributed by atoms with Gasteiger partial charge in [-0.1, -0.05) is 19.0 Å². The van der Waals surface area contributed by atoms with Crippen molar-refractivity contribution in [2.45, 2.75) is 26.4 Å². The predicted molar refractivity (Wildman–Crippen MR) is 73.0 cm³/mol. The van der Waals surface area contributed by atoms with Gasteiger partial charge in [-0.25, -0.2) is 9.97 Å². The van der Waals surface area contributed by atoms with Crippen molar-refractivity contribution in [3.05, 3.63) is 30.0 Å². The first-order valence-corrected chi connectivity index (χ1v) is 6.53. The maximum atomic E-state index is 11.8. The summed E-state index contributed by atoms with van der Waals surface area (Å²) >= 11 is 0. The standard InChI is InChI=1S/C14H17N3O4/c1-8(2)13(14(19)20-3)11-4-10(17-21-11)9-5-15-12(7-18)16-6-9/h4-6,8,13,18H,7H2,1-3H3. The molecule has 2 heterocycles. The molecule has 21 heavy (non-hydrogen) atoms. The largest absolute Gasteiger partial charge is 0.468 e. The molecule has 112 valence electrons. The SMILES string of the molecule is COC(=O)C(c1cc(-c2cnc(CO)nc2)no1)C(C)C. The Kier molecular flexibility index (Phi) is 4.64. The number of aromatic nitrogens is 3. The lowest BCUT2D eigenvalue weighted by Crippen LogP contribution is -2.19. The number of esters is 1. The van der Waals surface area contributed by atoms with Crippen LogP contribution in [-0.2, 0) is 16.1 Å². The second kappa shape index (κ2) is 6.45. The molecule has 0 saturated heterocycles. The summed E-state index contributed by atoms with van der Waals surface area (Å²) in [5.74, 6) is -0.0742. The van der Waals surface area contributed by atoms with Crippen LogP contribution in [0.25, 0.3) is 11.3 Å². The van der Waals surface area contributed by atoms with Crippen molar-refractivity contribution in [3.63, 3.8) is 0 Å². The summed E-state index contributed by atoms with van der Waals surface area (Å²) in [5, 5.41) is 12.9. The van der Waals surface area contributed by atoms with Gasteiger partial charge in [0.15, 0.2) is 11.6 Å². The van der Waals surface area contributed by atoms with Gasteiger partial charge in [0.25, 0.3) is 0 Å². The van der Waals surface area contributed by atoms with E-state index in [4.69, 9.17) is 14.4 Å². The topological polar surface area (TPSA) is 98.3 Å². The van der Waals surface area contributed by atoms with Crippen molar-refractivity contribution in [1.29, 1.82) is 0 Å². The zero-order valence-corrected chi connectivity index (χ0v) is 12.1. The number of nitrogens with zero attached hydrogens (tertiary/aromatic N) is 3. The van der Waals surface area contributed by atoms with E-state index in [0.29, 0.717) is 22.8 Å². The maximum Gasteiger partial charge on any atom is 0.316 e. The molecule has 7 heteroatoms. The molecule has 1 atom stereocenters. The van der Waals surface area contributed by atoms with Gasteiger partial charge in [-0.2, -0.15) is 0 Å². The van der Waals surface area contributed by atoms with Crippen molar-refractivity contribution in [3.8, 4) is 11.3 Å². The lowest BCUT2D eigenvalue weighted by atomic mass is 9.93. The molecule has 1 unspecified atom stereocenters. The Bertz CT molecular complexity index is 607. The number of hydrogen-bond acceptors (Lipinski definition) is 7. The molecule has 0 aliphatic carbocycles. The number of aliphatic hydroxyl groups excluding tert-OH is 1. The van der Waals surface area contributed by atoms with Crippen LogP contribution in [0.1, 0.15) is 31.4 Å². The van der Waals surface area contributed by atoms with Crippen LogP contribution in [-0.4, -0.2) is 33.3 Å². The number of methoxy groups -OCH3 is 1. The van der Waals surface area contributed by atoms with E-state index in [1.54, 1.807) is 18.5 Å². The van der Waals surface area contributed by atoms with E-state index in [1.165, 1.54) is 7.11 Å². The predicted octanol–water partition coefficient (Wildman–Crippen LogP) is 1.54. The van der Waals surface area contributed by atoms with Gasteiger partial charge in [0.05, 0.1) is 7.11 Å². The Hall–Kier alpha value is -2.28. The van der Waals surface area contributed by atoms with Crippen molar-refractivity contribution in [2.24, 2.45) is 5.92 Å². The number of carbonyl (C=O) groups excluding carboxylic acids is 1. The van der Waals surface area contributed by atoms with Crippen molar-refractivity contribution in [1.82, 2.24) is 15.1 Å². The Morgan fingerprint density at radius 2 is 2.05 bits per heavy atom. The molecular weight excluding hydrogens is 274 g/mol. The first kappa shape index (κ1) is 15.1. The average molecular weight is 291 g/mol. The number of aliphatic hydroxyl groups is 1. The fourth-order valence-corrected chi connectivity index (χ4v) is 1.98. The van der Waals surface area contributed by atoms with Crippen LogP contribution < -0.4 is 0 Å². The summed E-state index contributed by atoms with van der Waals surface area (Å²) in [6.45, 7) is 3.59. The minimum atomic E-state index is -0.506. The minimum absolute atomic E-state index is 0.0197. The van der Waals surface area contributed by atoms with Crippen molar-refractivity contribution in [2.75, 3.05) is 7.11 Å². The Balaban J connectivity index is 2.29. The zero-order chi connectivity index (χ0) is 15.4. The highest BCUT2D eigenvalue weighted by Crippen LogP contribution is 2.29. The Morgan fingerprint density at radius 1 is 1.38 bits per heavy atom. The first-order chi connectivity index (χ1) is 10.1. The number of rotatable bonds is 5. The van der Waals surface area contributed by atoms with E-state index in [-0.39, 0.29) is 18.5 Å². The van der Waals surface area contributed by atoms with Crippen LogP contribution in [0.5, 0.6) is 0 Å². The lowest BCUT2D eigenvalue weighted by molar-refractivity contribution is -0.144. The van der Waals surface area contributed by atoms with Crippen LogP contribution in [0.4, 0.5) is 0 Å². The van der Waals surface area contributed by atoms with Crippen LogP contribution >= 0.6 is 0 Å². The van der Waals surface area contributed by atoms with E-state index in [0.717, 1.165) is 0 Å². The van der Waals surface area contributed by atoms with Crippen molar-refractivity contribution >= 4 is 5.97 Å². The highest BCUT2D eigenvalue weighted by atomic mass is 16.5. The molecule has 2 aromatic heterocycles. The van der Waals surface area contributed by atoms with E-state index < -0.39 is 5.92 Å². The summed E-state index contributed by atoms with van der Waals surface area (Å²) in [6.07, 6.45) is 3.09. The summed E-state index contributed by atoms with van der Waals surface area (Å²) < 4.78 is 10.1.